The average molecular weight is 253 g/mol. The maximum Gasteiger partial charge on any atom is 0.232 e. The third kappa shape index (κ3) is 1.62. The Balaban J connectivity index is 2.46. The molecule has 1 aliphatic heterocycles. The first-order valence-electron chi connectivity index (χ1n) is 3.61. The van der Waals surface area contributed by atoms with Gasteiger partial charge >= 0.3 is 0 Å². The number of carbonyl (C=O) groups is 1. The van der Waals surface area contributed by atoms with Crippen LogP contribution in [0.25, 0.3) is 0 Å². The molecule has 0 unspecified atom stereocenters. The van der Waals surface area contributed by atoms with Gasteiger partial charge in [-0.05, 0) is 19.8 Å². The summed E-state index contributed by atoms with van der Waals surface area (Å²) in [5.74, 6) is 0.297. The number of hydrogen-bond acceptors (Lipinski definition) is 1. The van der Waals surface area contributed by atoms with Gasteiger partial charge in [0.25, 0.3) is 0 Å². The van der Waals surface area contributed by atoms with Crippen molar-refractivity contribution >= 4 is 28.5 Å². The zero-order valence-electron chi connectivity index (χ0n) is 6.14. The van der Waals surface area contributed by atoms with Crippen molar-refractivity contribution in [2.45, 2.75) is 25.8 Å². The van der Waals surface area contributed by atoms with Crippen LogP contribution in [0.3, 0.4) is 0 Å². The van der Waals surface area contributed by atoms with Crippen molar-refractivity contribution in [3.05, 3.63) is 0 Å². The summed E-state index contributed by atoms with van der Waals surface area (Å²) in [5, 5.41) is 0. The van der Waals surface area contributed by atoms with Crippen molar-refractivity contribution in [3.8, 4) is 0 Å². The van der Waals surface area contributed by atoms with Crippen LogP contribution in [0.15, 0.2) is 0 Å². The van der Waals surface area contributed by atoms with Crippen molar-refractivity contribution in [2.24, 2.45) is 0 Å². The quantitative estimate of drug-likeness (QED) is 0.511. The molecule has 1 amide bonds. The second-order valence-corrected chi connectivity index (χ2v) is 3.47. The van der Waals surface area contributed by atoms with Crippen LogP contribution in [0.4, 0.5) is 0 Å². The van der Waals surface area contributed by atoms with E-state index in [1.807, 2.05) is 4.90 Å². The molecule has 2 nitrogen and oxygen atoms in total. The van der Waals surface area contributed by atoms with Crippen LogP contribution in [0.5, 0.6) is 0 Å². The Morgan fingerprint density at radius 2 is 2.50 bits per heavy atom. The van der Waals surface area contributed by atoms with Gasteiger partial charge in [0, 0.05) is 12.6 Å². The van der Waals surface area contributed by atoms with E-state index < -0.39 is 0 Å². The Morgan fingerprint density at radius 1 is 1.80 bits per heavy atom. The number of nitrogens with zero attached hydrogens (tertiary/aromatic N) is 1. The number of halogens is 1. The van der Waals surface area contributed by atoms with Gasteiger partial charge in [-0.2, -0.15) is 0 Å². The summed E-state index contributed by atoms with van der Waals surface area (Å²) >= 11 is 2.12. The SMILES string of the molecule is C[C@H]1CCCN1C(=O)CI. The molecule has 3 heteroatoms. The molecule has 1 aliphatic rings. The third-order valence-electron chi connectivity index (χ3n) is 1.99. The van der Waals surface area contributed by atoms with Crippen LogP contribution < -0.4 is 0 Å². The van der Waals surface area contributed by atoms with Crippen molar-refractivity contribution < 1.29 is 4.79 Å². The number of hydrogen-bond donors (Lipinski definition) is 0. The monoisotopic (exact) mass is 253 g/mol. The highest BCUT2D eigenvalue weighted by Crippen LogP contribution is 2.16. The third-order valence-corrected chi connectivity index (χ3v) is 2.64. The number of carbonyl (C=O) groups excluding carboxylic acids is 1. The van der Waals surface area contributed by atoms with E-state index >= 15 is 0 Å². The molecule has 1 heterocycles. The fourth-order valence-electron chi connectivity index (χ4n) is 1.38. The first-order valence-corrected chi connectivity index (χ1v) is 5.13. The van der Waals surface area contributed by atoms with E-state index in [1.54, 1.807) is 0 Å². The van der Waals surface area contributed by atoms with Crippen molar-refractivity contribution in [1.82, 2.24) is 4.90 Å². The van der Waals surface area contributed by atoms with Crippen molar-refractivity contribution in [1.29, 1.82) is 0 Å². The fourth-order valence-corrected chi connectivity index (χ4v) is 1.82. The Kier molecular flexibility index (Phi) is 2.95. The predicted molar refractivity (Wildman–Crippen MR) is 49.3 cm³/mol. The normalized spacial score (nSPS) is 25.4. The van der Waals surface area contributed by atoms with Gasteiger partial charge in [-0.1, -0.05) is 22.6 Å². The van der Waals surface area contributed by atoms with Gasteiger partial charge in [0.15, 0.2) is 0 Å². The molecule has 1 saturated heterocycles. The molecule has 10 heavy (non-hydrogen) atoms. The van der Waals surface area contributed by atoms with Crippen LogP contribution in [0.2, 0.25) is 0 Å². The van der Waals surface area contributed by atoms with E-state index in [9.17, 15) is 4.79 Å². The molecule has 1 atom stereocenters. The maximum absolute atomic E-state index is 11.1. The minimum absolute atomic E-state index is 0.297. The number of rotatable bonds is 1. The second kappa shape index (κ2) is 3.55. The number of alkyl halides is 1. The first kappa shape index (κ1) is 8.30. The van der Waals surface area contributed by atoms with E-state index in [0.29, 0.717) is 16.4 Å². The highest BCUT2D eigenvalue weighted by molar-refractivity contribution is 14.1. The maximum atomic E-state index is 11.1. The number of amides is 1. The molecule has 1 rings (SSSR count). The summed E-state index contributed by atoms with van der Waals surface area (Å²) in [7, 11) is 0. The highest BCUT2D eigenvalue weighted by atomic mass is 127. The van der Waals surface area contributed by atoms with E-state index in [2.05, 4.69) is 29.5 Å². The lowest BCUT2D eigenvalue weighted by atomic mass is 10.2. The Hall–Kier alpha value is 0.200. The second-order valence-electron chi connectivity index (χ2n) is 2.71. The molecule has 58 valence electrons. The summed E-state index contributed by atoms with van der Waals surface area (Å²) in [6.07, 6.45) is 2.37. The van der Waals surface area contributed by atoms with Gasteiger partial charge in [-0.15, -0.1) is 0 Å². The smallest absolute Gasteiger partial charge is 0.232 e. The summed E-state index contributed by atoms with van der Waals surface area (Å²) in [4.78, 5) is 13.1. The number of likely N-dealkylation sites (tertiary alicyclic amines) is 1. The molecule has 0 bridgehead atoms. The zero-order chi connectivity index (χ0) is 7.56. The van der Waals surface area contributed by atoms with E-state index in [1.165, 1.54) is 12.8 Å². The summed E-state index contributed by atoms with van der Waals surface area (Å²) in [6.45, 7) is 3.10. The lowest BCUT2D eigenvalue weighted by Crippen LogP contribution is -2.34. The molecule has 0 radical (unpaired) electrons. The molecular weight excluding hydrogens is 241 g/mol. The Morgan fingerprint density at radius 3 is 2.90 bits per heavy atom. The van der Waals surface area contributed by atoms with Crippen LogP contribution in [0.1, 0.15) is 19.8 Å². The minimum Gasteiger partial charge on any atom is -0.339 e. The molecule has 1 fully saturated rings. The predicted octanol–water partition coefficient (Wildman–Crippen LogP) is 1.43. The molecule has 0 aromatic heterocycles. The van der Waals surface area contributed by atoms with Gasteiger partial charge in [0.1, 0.15) is 0 Å². The Bertz CT molecular complexity index is 138. The van der Waals surface area contributed by atoms with Crippen LogP contribution >= 0.6 is 22.6 Å². The molecule has 0 aromatic carbocycles. The van der Waals surface area contributed by atoms with Gasteiger partial charge in [0.2, 0.25) is 5.91 Å². The Labute approximate surface area is 75.1 Å². The fraction of sp³-hybridized carbons (Fsp3) is 0.857. The van der Waals surface area contributed by atoms with E-state index in [0.717, 1.165) is 6.54 Å². The first-order chi connectivity index (χ1) is 4.75. The van der Waals surface area contributed by atoms with E-state index in [4.69, 9.17) is 0 Å². The molecule has 0 aromatic rings. The lowest BCUT2D eigenvalue weighted by molar-refractivity contribution is -0.128. The summed E-state index contributed by atoms with van der Waals surface area (Å²) in [6, 6.07) is 0.488. The zero-order valence-corrected chi connectivity index (χ0v) is 8.30. The molecule has 0 N–H and O–H groups in total. The summed E-state index contributed by atoms with van der Waals surface area (Å²) in [5.41, 5.74) is 0. The van der Waals surface area contributed by atoms with Gasteiger partial charge in [-0.3, -0.25) is 4.79 Å². The topological polar surface area (TPSA) is 20.3 Å². The largest absolute Gasteiger partial charge is 0.339 e. The minimum atomic E-state index is 0.297. The van der Waals surface area contributed by atoms with Crippen LogP contribution in [-0.4, -0.2) is 27.8 Å². The van der Waals surface area contributed by atoms with E-state index in [-0.39, 0.29) is 0 Å². The highest BCUT2D eigenvalue weighted by Gasteiger charge is 2.23. The van der Waals surface area contributed by atoms with Crippen molar-refractivity contribution in [2.75, 3.05) is 11.0 Å². The van der Waals surface area contributed by atoms with Gasteiger partial charge in [0.05, 0.1) is 4.43 Å². The molecule has 0 aliphatic carbocycles. The molecule has 0 spiro atoms. The van der Waals surface area contributed by atoms with Crippen molar-refractivity contribution in [3.63, 3.8) is 0 Å². The van der Waals surface area contributed by atoms with Crippen LogP contribution in [0, 0.1) is 0 Å². The van der Waals surface area contributed by atoms with Gasteiger partial charge < -0.3 is 4.90 Å². The van der Waals surface area contributed by atoms with Crippen LogP contribution in [-0.2, 0) is 4.79 Å². The average Bonchev–Trinajstić information content (AvgIpc) is 2.34. The lowest BCUT2D eigenvalue weighted by Gasteiger charge is -2.19. The molecule has 0 saturated carbocycles. The summed E-state index contributed by atoms with van der Waals surface area (Å²) < 4.78 is 0.627. The van der Waals surface area contributed by atoms with Gasteiger partial charge in [-0.25, -0.2) is 0 Å². The standard InChI is InChI=1S/C7H12INO/c1-6-3-2-4-9(6)7(10)5-8/h6H,2-5H2,1H3/t6-/m0/s1. The molecular formula is C7H12INO.